The summed E-state index contributed by atoms with van der Waals surface area (Å²) in [6.45, 7) is 4.58. The third-order valence-electron chi connectivity index (χ3n) is 1.55. The standard InChI is InChI=1S/C8H16N2O3S/c1-5(2)4-10-6(3-7(9)11)8(12)13-14/h5-6,10,14H,3-4H2,1-2H3,(H2,9,11). The van der Waals surface area contributed by atoms with Crippen LogP contribution in [0.2, 0.25) is 0 Å². The number of carbonyl (C=O) groups is 2. The molecular weight excluding hydrogens is 204 g/mol. The molecule has 0 saturated carbocycles. The fourth-order valence-corrected chi connectivity index (χ4v) is 1.01. The van der Waals surface area contributed by atoms with Crippen LogP contribution in [0, 0.1) is 5.92 Å². The molecule has 0 aliphatic heterocycles. The Balaban J connectivity index is 4.10. The summed E-state index contributed by atoms with van der Waals surface area (Å²) in [5, 5.41) is 2.88. The summed E-state index contributed by atoms with van der Waals surface area (Å²) in [7, 11) is 0. The molecule has 0 aliphatic carbocycles. The number of primary amides is 1. The van der Waals surface area contributed by atoms with E-state index in [4.69, 9.17) is 5.73 Å². The average Bonchev–Trinajstić information content (AvgIpc) is 2.10. The van der Waals surface area contributed by atoms with E-state index in [2.05, 4.69) is 22.4 Å². The molecule has 3 N–H and O–H groups in total. The molecule has 1 amide bonds. The monoisotopic (exact) mass is 220 g/mol. The lowest BCUT2D eigenvalue weighted by atomic mass is 10.1. The van der Waals surface area contributed by atoms with Crippen LogP contribution in [-0.4, -0.2) is 24.5 Å². The molecule has 0 aromatic heterocycles. The van der Waals surface area contributed by atoms with E-state index in [-0.39, 0.29) is 6.42 Å². The summed E-state index contributed by atoms with van der Waals surface area (Å²) in [4.78, 5) is 21.7. The minimum absolute atomic E-state index is 0.0773. The number of hydrogen-bond donors (Lipinski definition) is 3. The molecule has 1 unspecified atom stereocenters. The number of rotatable bonds is 6. The highest BCUT2D eigenvalue weighted by atomic mass is 32.1. The summed E-state index contributed by atoms with van der Waals surface area (Å²) < 4.78 is 4.23. The van der Waals surface area contributed by atoms with Crippen molar-refractivity contribution in [2.24, 2.45) is 11.7 Å². The Morgan fingerprint density at radius 1 is 1.50 bits per heavy atom. The van der Waals surface area contributed by atoms with Crippen molar-refractivity contribution in [3.8, 4) is 0 Å². The second-order valence-electron chi connectivity index (χ2n) is 3.44. The van der Waals surface area contributed by atoms with Gasteiger partial charge in [-0.1, -0.05) is 13.8 Å². The van der Waals surface area contributed by atoms with Crippen molar-refractivity contribution in [2.75, 3.05) is 6.54 Å². The van der Waals surface area contributed by atoms with Gasteiger partial charge in [-0.05, 0) is 12.5 Å². The molecule has 0 rings (SSSR count). The fourth-order valence-electron chi connectivity index (χ4n) is 0.882. The smallest absolute Gasteiger partial charge is 0.335 e. The molecule has 0 heterocycles. The Morgan fingerprint density at radius 2 is 2.07 bits per heavy atom. The summed E-state index contributed by atoms with van der Waals surface area (Å²) in [6.07, 6.45) is -0.0773. The van der Waals surface area contributed by atoms with Gasteiger partial charge in [0.05, 0.1) is 6.42 Å². The molecule has 14 heavy (non-hydrogen) atoms. The number of nitrogens with one attached hydrogen (secondary N) is 1. The number of hydrogen-bond acceptors (Lipinski definition) is 5. The maximum absolute atomic E-state index is 11.1. The van der Waals surface area contributed by atoms with Crippen molar-refractivity contribution < 1.29 is 13.8 Å². The van der Waals surface area contributed by atoms with Gasteiger partial charge in [0.2, 0.25) is 5.91 Å². The zero-order valence-electron chi connectivity index (χ0n) is 8.32. The summed E-state index contributed by atoms with van der Waals surface area (Å²) in [5.74, 6) is -0.768. The Kier molecular flexibility index (Phi) is 6.31. The van der Waals surface area contributed by atoms with Gasteiger partial charge in [-0.3, -0.25) is 4.79 Å². The summed E-state index contributed by atoms with van der Waals surface area (Å²) >= 11 is 3.38. The van der Waals surface area contributed by atoms with Crippen molar-refractivity contribution >= 4 is 24.8 Å². The van der Waals surface area contributed by atoms with E-state index in [1.54, 1.807) is 0 Å². The van der Waals surface area contributed by atoms with Gasteiger partial charge in [-0.15, -0.1) is 0 Å². The van der Waals surface area contributed by atoms with E-state index in [0.717, 1.165) is 0 Å². The van der Waals surface area contributed by atoms with Gasteiger partial charge < -0.3 is 15.2 Å². The van der Waals surface area contributed by atoms with Crippen molar-refractivity contribution in [1.82, 2.24) is 5.32 Å². The van der Waals surface area contributed by atoms with Crippen LogP contribution >= 0.6 is 12.9 Å². The van der Waals surface area contributed by atoms with Crippen molar-refractivity contribution in [3.05, 3.63) is 0 Å². The van der Waals surface area contributed by atoms with E-state index in [1.165, 1.54) is 0 Å². The van der Waals surface area contributed by atoms with Crippen LogP contribution in [0.15, 0.2) is 0 Å². The molecule has 82 valence electrons. The topological polar surface area (TPSA) is 81.4 Å². The molecule has 0 aliphatic rings. The Hall–Kier alpha value is -0.750. The van der Waals surface area contributed by atoms with E-state index in [1.807, 2.05) is 13.8 Å². The lowest BCUT2D eigenvalue weighted by Crippen LogP contribution is -2.41. The lowest BCUT2D eigenvalue weighted by molar-refractivity contribution is -0.137. The Morgan fingerprint density at radius 3 is 2.43 bits per heavy atom. The first-order valence-corrected chi connectivity index (χ1v) is 4.70. The Bertz CT molecular complexity index is 209. The first-order chi connectivity index (χ1) is 6.47. The van der Waals surface area contributed by atoms with E-state index in [0.29, 0.717) is 12.5 Å². The van der Waals surface area contributed by atoms with Crippen molar-refractivity contribution in [1.29, 1.82) is 0 Å². The average molecular weight is 220 g/mol. The Labute approximate surface area is 89.0 Å². The van der Waals surface area contributed by atoms with Crippen molar-refractivity contribution in [3.63, 3.8) is 0 Å². The van der Waals surface area contributed by atoms with Crippen LogP contribution in [0.25, 0.3) is 0 Å². The fraction of sp³-hybridized carbons (Fsp3) is 0.750. The largest absolute Gasteiger partial charge is 0.393 e. The minimum Gasteiger partial charge on any atom is -0.393 e. The van der Waals surface area contributed by atoms with Gasteiger partial charge in [0.15, 0.2) is 0 Å². The van der Waals surface area contributed by atoms with Crippen molar-refractivity contribution in [2.45, 2.75) is 26.3 Å². The molecule has 1 atom stereocenters. The molecular formula is C8H16N2O3S. The van der Waals surface area contributed by atoms with E-state index in [9.17, 15) is 9.59 Å². The van der Waals surface area contributed by atoms with Gasteiger partial charge in [0.25, 0.3) is 0 Å². The zero-order valence-corrected chi connectivity index (χ0v) is 9.21. The van der Waals surface area contributed by atoms with Crippen LogP contribution in [0.4, 0.5) is 0 Å². The highest BCUT2D eigenvalue weighted by Crippen LogP contribution is 1.99. The predicted octanol–water partition coefficient (Wildman–Crippen LogP) is -0.136. The van der Waals surface area contributed by atoms with Crippen LogP contribution in [0.1, 0.15) is 20.3 Å². The van der Waals surface area contributed by atoms with Crippen LogP contribution in [0.5, 0.6) is 0 Å². The molecule has 6 heteroatoms. The van der Waals surface area contributed by atoms with E-state index >= 15 is 0 Å². The predicted molar refractivity (Wildman–Crippen MR) is 55.5 cm³/mol. The maximum atomic E-state index is 11.1. The molecule has 0 radical (unpaired) electrons. The summed E-state index contributed by atoms with van der Waals surface area (Å²) in [6, 6.07) is -0.701. The molecule has 0 spiro atoms. The third kappa shape index (κ3) is 5.82. The number of thiol groups is 1. The van der Waals surface area contributed by atoms with Crippen LogP contribution in [-0.2, 0) is 13.8 Å². The van der Waals surface area contributed by atoms with Gasteiger partial charge in [-0.2, -0.15) is 0 Å². The normalized spacial score (nSPS) is 12.6. The van der Waals surface area contributed by atoms with Gasteiger partial charge in [0.1, 0.15) is 6.04 Å². The van der Waals surface area contributed by atoms with Gasteiger partial charge >= 0.3 is 5.97 Å². The SMILES string of the molecule is CC(C)CNC(CC(N)=O)C(=O)OS. The molecule has 0 aromatic carbocycles. The molecule has 5 nitrogen and oxygen atoms in total. The van der Waals surface area contributed by atoms with Crippen LogP contribution in [0.3, 0.4) is 0 Å². The van der Waals surface area contributed by atoms with Gasteiger partial charge in [-0.25, -0.2) is 4.79 Å². The van der Waals surface area contributed by atoms with Gasteiger partial charge in [0, 0.05) is 12.9 Å². The maximum Gasteiger partial charge on any atom is 0.335 e. The second kappa shape index (κ2) is 6.67. The number of amides is 1. The quantitative estimate of drug-likeness (QED) is 0.430. The van der Waals surface area contributed by atoms with E-state index < -0.39 is 17.9 Å². The third-order valence-corrected chi connectivity index (χ3v) is 1.73. The molecule has 0 saturated heterocycles. The minimum atomic E-state index is -0.701. The molecule has 0 fully saturated rings. The number of nitrogens with two attached hydrogens (primary N) is 1. The highest BCUT2D eigenvalue weighted by molar-refractivity contribution is 7.75. The van der Waals surface area contributed by atoms with Crippen LogP contribution < -0.4 is 11.1 Å². The molecule has 0 bridgehead atoms. The zero-order chi connectivity index (χ0) is 11.1. The first-order valence-electron chi connectivity index (χ1n) is 4.34. The first kappa shape index (κ1) is 13.2. The molecule has 0 aromatic rings. The summed E-state index contributed by atoms with van der Waals surface area (Å²) in [5.41, 5.74) is 4.98. The second-order valence-corrected chi connectivity index (χ2v) is 3.62. The number of carbonyl (C=O) groups excluding carboxylic acids is 2. The highest BCUT2D eigenvalue weighted by Gasteiger charge is 2.21. The lowest BCUT2D eigenvalue weighted by Gasteiger charge is -2.15.